The van der Waals surface area contributed by atoms with Crippen LogP contribution in [0.25, 0.3) is 0 Å². The van der Waals surface area contributed by atoms with Crippen molar-refractivity contribution < 1.29 is 25.7 Å². The molecule has 0 saturated heterocycles. The molecular formula is C9H9F3O3S. The molecule has 1 atom stereocenters. The van der Waals surface area contributed by atoms with Crippen LogP contribution in [0.15, 0.2) is 30.3 Å². The minimum atomic E-state index is -4.32. The van der Waals surface area contributed by atoms with E-state index in [0.29, 0.717) is 0 Å². The van der Waals surface area contributed by atoms with Gasteiger partial charge in [0.05, 0.1) is 13.0 Å². The quantitative estimate of drug-likeness (QED) is 0.810. The van der Waals surface area contributed by atoms with E-state index in [1.165, 1.54) is 12.1 Å². The first-order valence-electron chi connectivity index (χ1n) is 4.32. The Labute approximate surface area is 93.0 Å². The first-order valence-corrected chi connectivity index (χ1v) is 5.32. The summed E-state index contributed by atoms with van der Waals surface area (Å²) in [6.07, 6.45) is -5.48. The molecule has 0 N–H and O–H groups in total. The van der Waals surface area contributed by atoms with E-state index in [0.717, 1.165) is 0 Å². The Bertz CT molecular complexity index is 340. The maximum absolute atomic E-state index is 11.7. The second-order valence-corrected chi connectivity index (χ2v) is 3.60. The molecule has 1 rings (SSSR count). The van der Waals surface area contributed by atoms with Gasteiger partial charge in [-0.1, -0.05) is 18.2 Å². The zero-order valence-electron chi connectivity index (χ0n) is 8.07. The first-order chi connectivity index (χ1) is 7.47. The molecule has 3 nitrogen and oxygen atoms in total. The van der Waals surface area contributed by atoms with Crippen molar-refractivity contribution in [3.05, 3.63) is 30.3 Å². The highest BCUT2D eigenvalue weighted by Crippen LogP contribution is 2.19. The van der Waals surface area contributed by atoms with Crippen molar-refractivity contribution in [2.24, 2.45) is 0 Å². The Morgan fingerprint density at radius 3 is 2.38 bits per heavy atom. The largest absolute Gasteiger partial charge is 0.391 e. The smallest absolute Gasteiger partial charge is 0.380 e. The summed E-state index contributed by atoms with van der Waals surface area (Å²) in [7, 11) is 0. The number of alkyl halides is 3. The molecular weight excluding hydrogens is 245 g/mol. The average Bonchev–Trinajstić information content (AvgIpc) is 2.17. The molecule has 0 fully saturated rings. The molecule has 7 heteroatoms. The van der Waals surface area contributed by atoms with Gasteiger partial charge in [-0.2, -0.15) is 17.4 Å². The van der Waals surface area contributed by atoms with E-state index in [4.69, 9.17) is 4.18 Å². The van der Waals surface area contributed by atoms with Crippen LogP contribution < -0.4 is 4.18 Å². The van der Waals surface area contributed by atoms with Gasteiger partial charge in [0.1, 0.15) is 5.75 Å². The lowest BCUT2D eigenvalue weighted by Gasteiger charge is -2.06. The van der Waals surface area contributed by atoms with Crippen LogP contribution in [0.5, 0.6) is 5.75 Å². The maximum Gasteiger partial charge on any atom is 0.391 e. The summed E-state index contributed by atoms with van der Waals surface area (Å²) in [6, 6.07) is 8.04. The van der Waals surface area contributed by atoms with Crippen LogP contribution in [0.3, 0.4) is 0 Å². The van der Waals surface area contributed by atoms with Crippen LogP contribution in [0, 0.1) is 0 Å². The molecule has 1 unspecified atom stereocenters. The Balaban J connectivity index is 2.27. The number of para-hydroxylation sites is 1. The van der Waals surface area contributed by atoms with Crippen LogP contribution in [-0.2, 0) is 15.5 Å². The Hall–Kier alpha value is -1.08. The lowest BCUT2D eigenvalue weighted by molar-refractivity contribution is -0.139. The monoisotopic (exact) mass is 254 g/mol. The number of hydrogen-bond donors (Lipinski definition) is 0. The highest BCUT2D eigenvalue weighted by Gasteiger charge is 2.27. The fraction of sp³-hybridized carbons (Fsp3) is 0.333. The van der Waals surface area contributed by atoms with Crippen molar-refractivity contribution in [1.29, 1.82) is 0 Å². The summed E-state index contributed by atoms with van der Waals surface area (Å²) in [5, 5.41) is 0. The predicted molar refractivity (Wildman–Crippen MR) is 51.8 cm³/mol. The van der Waals surface area contributed by atoms with E-state index < -0.39 is 30.6 Å². The summed E-state index contributed by atoms with van der Waals surface area (Å²) in [4.78, 5) is 0. The van der Waals surface area contributed by atoms with Gasteiger partial charge in [-0.25, -0.2) is 0 Å². The molecule has 0 bridgehead atoms. The molecule has 0 aromatic heterocycles. The zero-order valence-corrected chi connectivity index (χ0v) is 8.88. The van der Waals surface area contributed by atoms with Gasteiger partial charge in [0, 0.05) is 0 Å². The molecule has 90 valence electrons. The average molecular weight is 254 g/mol. The zero-order chi connectivity index (χ0) is 12.0. The molecule has 0 radical (unpaired) electrons. The van der Waals surface area contributed by atoms with Crippen molar-refractivity contribution in [2.75, 3.05) is 6.61 Å². The van der Waals surface area contributed by atoms with E-state index in [-0.39, 0.29) is 5.75 Å². The lowest BCUT2D eigenvalue weighted by atomic mass is 10.3. The number of halogens is 3. The minimum Gasteiger partial charge on any atom is -0.380 e. The van der Waals surface area contributed by atoms with Crippen molar-refractivity contribution in [2.45, 2.75) is 12.6 Å². The standard InChI is InChI=1S/C9H9F3O3S/c10-9(11,12)6-7-14-16(13)15-8-4-2-1-3-5-8/h1-5H,6-7H2. The minimum absolute atomic E-state index is 0.271. The Morgan fingerprint density at radius 1 is 1.19 bits per heavy atom. The van der Waals surface area contributed by atoms with Crippen molar-refractivity contribution >= 4 is 11.4 Å². The van der Waals surface area contributed by atoms with Gasteiger partial charge in [0.25, 0.3) is 0 Å². The number of benzene rings is 1. The summed E-state index contributed by atoms with van der Waals surface area (Å²) in [5.74, 6) is 0.271. The summed E-state index contributed by atoms with van der Waals surface area (Å²) in [5.41, 5.74) is 0. The topological polar surface area (TPSA) is 35.5 Å². The van der Waals surface area contributed by atoms with E-state index in [1.807, 2.05) is 0 Å². The van der Waals surface area contributed by atoms with Gasteiger partial charge >= 0.3 is 17.5 Å². The highest BCUT2D eigenvalue weighted by molar-refractivity contribution is 7.75. The second kappa shape index (κ2) is 5.86. The normalized spacial score (nSPS) is 13.4. The van der Waals surface area contributed by atoms with Crippen LogP contribution in [0.2, 0.25) is 0 Å². The Kier molecular flexibility index (Phi) is 4.75. The van der Waals surface area contributed by atoms with Crippen molar-refractivity contribution in [3.63, 3.8) is 0 Å². The predicted octanol–water partition coefficient (Wildman–Crippen LogP) is 2.61. The molecule has 0 aliphatic rings. The van der Waals surface area contributed by atoms with Gasteiger partial charge in [-0.05, 0) is 12.1 Å². The van der Waals surface area contributed by atoms with E-state index in [1.54, 1.807) is 18.2 Å². The van der Waals surface area contributed by atoms with Gasteiger partial charge in [0.2, 0.25) is 0 Å². The van der Waals surface area contributed by atoms with Crippen LogP contribution in [-0.4, -0.2) is 17.0 Å². The van der Waals surface area contributed by atoms with Crippen molar-refractivity contribution in [3.8, 4) is 5.75 Å². The summed E-state index contributed by atoms with van der Waals surface area (Å²) < 4.78 is 55.2. The fourth-order valence-electron chi connectivity index (χ4n) is 0.804. The third-order valence-electron chi connectivity index (χ3n) is 1.47. The maximum atomic E-state index is 11.7. The summed E-state index contributed by atoms with van der Waals surface area (Å²) >= 11 is -2.21. The van der Waals surface area contributed by atoms with Gasteiger partial charge < -0.3 is 4.18 Å². The molecule has 0 spiro atoms. The highest BCUT2D eigenvalue weighted by atomic mass is 32.2. The van der Waals surface area contributed by atoms with Gasteiger partial charge in [0.15, 0.2) is 0 Å². The van der Waals surface area contributed by atoms with Gasteiger partial charge in [-0.3, -0.25) is 4.18 Å². The third kappa shape index (κ3) is 5.72. The van der Waals surface area contributed by atoms with Crippen molar-refractivity contribution in [1.82, 2.24) is 0 Å². The Morgan fingerprint density at radius 2 is 1.81 bits per heavy atom. The fourth-order valence-corrected chi connectivity index (χ4v) is 1.34. The molecule has 0 amide bonds. The van der Waals surface area contributed by atoms with Crippen LogP contribution in [0.4, 0.5) is 13.2 Å². The van der Waals surface area contributed by atoms with E-state index >= 15 is 0 Å². The SMILES string of the molecule is O=S(OCCC(F)(F)F)Oc1ccccc1. The van der Waals surface area contributed by atoms with Crippen LogP contribution in [0.1, 0.15) is 6.42 Å². The number of hydrogen-bond acceptors (Lipinski definition) is 3. The summed E-state index contributed by atoms with van der Waals surface area (Å²) in [6.45, 7) is -0.692. The molecule has 0 saturated carbocycles. The molecule has 0 heterocycles. The van der Waals surface area contributed by atoms with E-state index in [9.17, 15) is 17.4 Å². The number of rotatable bonds is 5. The van der Waals surface area contributed by atoms with Gasteiger partial charge in [-0.15, -0.1) is 0 Å². The molecule has 0 aliphatic carbocycles. The lowest BCUT2D eigenvalue weighted by Crippen LogP contribution is -2.14. The van der Waals surface area contributed by atoms with Crippen LogP contribution >= 0.6 is 0 Å². The molecule has 16 heavy (non-hydrogen) atoms. The first kappa shape index (κ1) is 13.0. The second-order valence-electron chi connectivity index (χ2n) is 2.79. The molecule has 0 aliphatic heterocycles. The third-order valence-corrected chi connectivity index (χ3v) is 2.16. The molecule has 1 aromatic carbocycles. The van der Waals surface area contributed by atoms with E-state index in [2.05, 4.69) is 4.18 Å². The molecule has 1 aromatic rings.